The number of β-amino-alcohol motifs (C(OH)–C–C–N with tert-alkyl or cyclic N) is 1. The van der Waals surface area contributed by atoms with Crippen LogP contribution in [0.3, 0.4) is 0 Å². The van der Waals surface area contributed by atoms with E-state index in [0.29, 0.717) is 32.5 Å². The molecule has 2 N–H and O–H groups in total. The number of urea groups is 1. The lowest BCUT2D eigenvalue weighted by molar-refractivity contribution is -0.134. The maximum Gasteiger partial charge on any atom is 0.325 e. The van der Waals surface area contributed by atoms with E-state index in [1.807, 2.05) is 4.90 Å². The molecule has 23 heavy (non-hydrogen) atoms. The zero-order valence-electron chi connectivity index (χ0n) is 13.3. The molecule has 0 atom stereocenters. The Morgan fingerprint density at radius 3 is 2.39 bits per heavy atom. The lowest BCUT2D eigenvalue weighted by Crippen LogP contribution is -2.56. The summed E-state index contributed by atoms with van der Waals surface area (Å²) in [7, 11) is 0. The van der Waals surface area contributed by atoms with Gasteiger partial charge in [-0.2, -0.15) is 0 Å². The molecule has 4 amide bonds. The largest absolute Gasteiger partial charge is 0.395 e. The van der Waals surface area contributed by atoms with Crippen LogP contribution in [0.5, 0.6) is 0 Å². The molecule has 3 aliphatic heterocycles. The molecule has 0 aliphatic carbocycles. The quantitative estimate of drug-likeness (QED) is 0.646. The van der Waals surface area contributed by atoms with E-state index in [1.165, 1.54) is 0 Å². The van der Waals surface area contributed by atoms with Gasteiger partial charge in [-0.3, -0.25) is 19.4 Å². The van der Waals surface area contributed by atoms with Gasteiger partial charge in [-0.1, -0.05) is 0 Å². The van der Waals surface area contributed by atoms with Crippen molar-refractivity contribution in [3.63, 3.8) is 0 Å². The Labute approximate surface area is 135 Å². The van der Waals surface area contributed by atoms with Crippen LogP contribution in [-0.4, -0.2) is 89.1 Å². The molecule has 3 heterocycles. The highest BCUT2D eigenvalue weighted by atomic mass is 16.3. The molecule has 0 bridgehead atoms. The van der Waals surface area contributed by atoms with Gasteiger partial charge in [0.25, 0.3) is 5.91 Å². The Kier molecular flexibility index (Phi) is 4.54. The molecule has 3 saturated heterocycles. The number of aliphatic hydroxyl groups excluding tert-OH is 1. The van der Waals surface area contributed by atoms with Crippen LogP contribution in [0.1, 0.15) is 25.7 Å². The summed E-state index contributed by atoms with van der Waals surface area (Å²) in [4.78, 5) is 41.6. The fourth-order valence-corrected chi connectivity index (χ4v) is 3.67. The number of carbonyl (C=O) groups excluding carboxylic acids is 3. The number of aliphatic hydroxyl groups is 1. The molecule has 128 valence electrons. The van der Waals surface area contributed by atoms with Crippen molar-refractivity contribution in [3.05, 3.63) is 0 Å². The number of piperidine rings is 1. The van der Waals surface area contributed by atoms with E-state index >= 15 is 0 Å². The van der Waals surface area contributed by atoms with Crippen LogP contribution in [0.25, 0.3) is 0 Å². The highest BCUT2D eigenvalue weighted by Crippen LogP contribution is 2.29. The van der Waals surface area contributed by atoms with Gasteiger partial charge in [0.15, 0.2) is 0 Å². The number of likely N-dealkylation sites (tertiary alicyclic amines) is 2. The van der Waals surface area contributed by atoms with Gasteiger partial charge in [0, 0.05) is 26.2 Å². The first kappa shape index (κ1) is 16.2. The van der Waals surface area contributed by atoms with E-state index in [-0.39, 0.29) is 25.0 Å². The van der Waals surface area contributed by atoms with E-state index < -0.39 is 11.6 Å². The van der Waals surface area contributed by atoms with Gasteiger partial charge in [-0.05, 0) is 25.7 Å². The van der Waals surface area contributed by atoms with E-state index in [0.717, 1.165) is 30.8 Å². The van der Waals surface area contributed by atoms with Gasteiger partial charge in [-0.15, -0.1) is 0 Å². The zero-order valence-corrected chi connectivity index (χ0v) is 13.3. The first-order valence-corrected chi connectivity index (χ1v) is 8.31. The zero-order chi connectivity index (χ0) is 16.4. The molecule has 0 saturated carbocycles. The van der Waals surface area contributed by atoms with Crippen molar-refractivity contribution in [2.24, 2.45) is 0 Å². The number of nitrogens with one attached hydrogen (secondary N) is 1. The van der Waals surface area contributed by atoms with Crippen molar-refractivity contribution in [3.8, 4) is 0 Å². The van der Waals surface area contributed by atoms with Crippen LogP contribution in [0, 0.1) is 0 Å². The molecule has 0 aromatic heterocycles. The van der Waals surface area contributed by atoms with Crippen LogP contribution in [-0.2, 0) is 9.59 Å². The molecule has 8 heteroatoms. The van der Waals surface area contributed by atoms with Gasteiger partial charge in [-0.25, -0.2) is 4.79 Å². The fraction of sp³-hybridized carbons (Fsp3) is 0.800. The molecule has 0 aromatic rings. The second kappa shape index (κ2) is 6.45. The monoisotopic (exact) mass is 324 g/mol. The van der Waals surface area contributed by atoms with Gasteiger partial charge < -0.3 is 15.3 Å². The minimum Gasteiger partial charge on any atom is -0.395 e. The number of hydrogen-bond donors (Lipinski definition) is 2. The topological polar surface area (TPSA) is 93.2 Å². The summed E-state index contributed by atoms with van der Waals surface area (Å²) in [5.74, 6) is -0.0933. The average Bonchev–Trinajstić information content (AvgIpc) is 3.14. The summed E-state index contributed by atoms with van der Waals surface area (Å²) in [5.41, 5.74) is -0.848. The lowest BCUT2D eigenvalue weighted by Gasteiger charge is -2.37. The lowest BCUT2D eigenvalue weighted by atomic mass is 9.87. The first-order valence-electron chi connectivity index (χ1n) is 8.31. The van der Waals surface area contributed by atoms with Crippen LogP contribution >= 0.6 is 0 Å². The third kappa shape index (κ3) is 3.05. The fourth-order valence-electron chi connectivity index (χ4n) is 3.67. The molecule has 1 spiro atoms. The molecule has 8 nitrogen and oxygen atoms in total. The molecule has 3 rings (SSSR count). The number of nitrogens with zero attached hydrogens (tertiary/aromatic N) is 3. The highest BCUT2D eigenvalue weighted by molar-refractivity contribution is 6.07. The maximum atomic E-state index is 12.5. The Morgan fingerprint density at radius 2 is 1.78 bits per heavy atom. The first-order chi connectivity index (χ1) is 11.1. The van der Waals surface area contributed by atoms with Crippen molar-refractivity contribution in [1.82, 2.24) is 20.0 Å². The SMILES string of the molecule is O=C(CN1CCC2(CC1)NC(=O)N(CCO)C2=O)N1CCCC1. The van der Waals surface area contributed by atoms with Crippen LogP contribution < -0.4 is 5.32 Å². The van der Waals surface area contributed by atoms with Crippen molar-refractivity contribution < 1.29 is 19.5 Å². The summed E-state index contributed by atoms with van der Waals surface area (Å²) in [5, 5.41) is 11.8. The van der Waals surface area contributed by atoms with E-state index in [9.17, 15) is 14.4 Å². The second-order valence-corrected chi connectivity index (χ2v) is 6.56. The van der Waals surface area contributed by atoms with E-state index in [2.05, 4.69) is 10.2 Å². The Bertz CT molecular complexity index is 496. The summed E-state index contributed by atoms with van der Waals surface area (Å²) in [6.07, 6.45) is 3.17. The minimum absolute atomic E-state index is 0.0313. The van der Waals surface area contributed by atoms with Crippen LogP contribution in [0.15, 0.2) is 0 Å². The van der Waals surface area contributed by atoms with Gasteiger partial charge in [0.2, 0.25) is 5.91 Å². The summed E-state index contributed by atoms with van der Waals surface area (Å²) in [6, 6.07) is -0.425. The summed E-state index contributed by atoms with van der Waals surface area (Å²) < 4.78 is 0. The molecule has 3 fully saturated rings. The predicted octanol–water partition coefficient (Wildman–Crippen LogP) is -1.01. The average molecular weight is 324 g/mol. The second-order valence-electron chi connectivity index (χ2n) is 6.56. The van der Waals surface area contributed by atoms with Crippen molar-refractivity contribution in [2.45, 2.75) is 31.2 Å². The van der Waals surface area contributed by atoms with Gasteiger partial charge >= 0.3 is 6.03 Å². The molecule has 0 unspecified atom stereocenters. The Balaban J connectivity index is 1.55. The normalized spacial score (nSPS) is 24.6. The number of carbonyl (C=O) groups is 3. The van der Waals surface area contributed by atoms with Crippen molar-refractivity contribution in [2.75, 3.05) is 45.9 Å². The Hall–Kier alpha value is -1.67. The number of amides is 4. The van der Waals surface area contributed by atoms with E-state index in [4.69, 9.17) is 5.11 Å². The van der Waals surface area contributed by atoms with E-state index in [1.54, 1.807) is 0 Å². The summed E-state index contributed by atoms with van der Waals surface area (Å²) in [6.45, 7) is 3.10. The molecular weight excluding hydrogens is 300 g/mol. The Morgan fingerprint density at radius 1 is 1.13 bits per heavy atom. The van der Waals surface area contributed by atoms with Crippen molar-refractivity contribution >= 4 is 17.8 Å². The number of imide groups is 1. The third-order valence-corrected chi connectivity index (χ3v) is 5.10. The molecule has 0 aromatic carbocycles. The third-order valence-electron chi connectivity index (χ3n) is 5.10. The van der Waals surface area contributed by atoms with Crippen molar-refractivity contribution in [1.29, 1.82) is 0 Å². The number of rotatable bonds is 4. The highest BCUT2D eigenvalue weighted by Gasteiger charge is 2.52. The standard InChI is InChI=1S/C15H24N4O4/c20-10-9-19-13(22)15(16-14(19)23)3-7-17(8-4-15)11-12(21)18-5-1-2-6-18/h20H,1-11H2,(H,16,23). The maximum absolute atomic E-state index is 12.5. The molecular formula is C15H24N4O4. The molecule has 3 aliphatic rings. The summed E-state index contributed by atoms with van der Waals surface area (Å²) >= 11 is 0. The predicted molar refractivity (Wildman–Crippen MR) is 81.5 cm³/mol. The van der Waals surface area contributed by atoms with Crippen LogP contribution in [0.4, 0.5) is 4.79 Å². The minimum atomic E-state index is -0.848. The smallest absolute Gasteiger partial charge is 0.325 e. The van der Waals surface area contributed by atoms with Crippen LogP contribution in [0.2, 0.25) is 0 Å². The van der Waals surface area contributed by atoms with Gasteiger partial charge in [0.1, 0.15) is 5.54 Å². The van der Waals surface area contributed by atoms with Gasteiger partial charge in [0.05, 0.1) is 19.7 Å². The number of hydrogen-bond acceptors (Lipinski definition) is 5. The molecule has 0 radical (unpaired) electrons.